The summed E-state index contributed by atoms with van der Waals surface area (Å²) in [5, 5.41) is 0.264. The molecule has 0 aliphatic rings. The summed E-state index contributed by atoms with van der Waals surface area (Å²) in [7, 11) is 0. The van der Waals surface area contributed by atoms with Crippen molar-refractivity contribution in [3.8, 4) is 0 Å². The van der Waals surface area contributed by atoms with E-state index in [0.29, 0.717) is 0 Å². The fraction of sp³-hybridized carbons (Fsp3) is 0.0714. The second kappa shape index (κ2) is 5.80. The molecule has 0 radical (unpaired) electrons. The Kier molecular flexibility index (Phi) is 4.32. The first kappa shape index (κ1) is 14.2. The van der Waals surface area contributed by atoms with Crippen molar-refractivity contribution in [1.29, 1.82) is 0 Å². The van der Waals surface area contributed by atoms with Gasteiger partial charge in [-0.1, -0.05) is 29.8 Å². The van der Waals surface area contributed by atoms with Crippen molar-refractivity contribution in [1.82, 2.24) is 0 Å². The molecule has 2 aromatic rings. The molecule has 0 aliphatic heterocycles. The van der Waals surface area contributed by atoms with Crippen LogP contribution in [0.5, 0.6) is 0 Å². The highest BCUT2D eigenvalue weighted by Crippen LogP contribution is 2.23. The minimum Gasteiger partial charge on any atom is -0.294 e. The third kappa shape index (κ3) is 3.19. The fourth-order valence-corrected chi connectivity index (χ4v) is 2.30. The summed E-state index contributed by atoms with van der Waals surface area (Å²) in [6, 6.07) is 8.26. The lowest BCUT2D eigenvalue weighted by Gasteiger charge is -2.06. The minimum absolute atomic E-state index is 0.0920. The van der Waals surface area contributed by atoms with Crippen molar-refractivity contribution in [3.63, 3.8) is 0 Å². The van der Waals surface area contributed by atoms with Crippen LogP contribution >= 0.6 is 27.5 Å². The molecule has 0 unspecified atom stereocenters. The maximum Gasteiger partial charge on any atom is 0.168 e. The lowest BCUT2D eigenvalue weighted by atomic mass is 10.0. The third-order valence-corrected chi connectivity index (χ3v) is 3.66. The van der Waals surface area contributed by atoms with E-state index in [1.54, 1.807) is 0 Å². The van der Waals surface area contributed by atoms with E-state index in [1.165, 1.54) is 30.3 Å². The topological polar surface area (TPSA) is 17.1 Å². The van der Waals surface area contributed by atoms with Gasteiger partial charge in [0.2, 0.25) is 0 Å². The van der Waals surface area contributed by atoms with Crippen molar-refractivity contribution in [2.45, 2.75) is 6.42 Å². The second-order valence-corrected chi connectivity index (χ2v) is 5.17. The molecule has 2 rings (SSSR count). The van der Waals surface area contributed by atoms with E-state index in [2.05, 4.69) is 15.9 Å². The number of carbonyl (C=O) groups excluding carboxylic acids is 1. The Morgan fingerprint density at radius 2 is 1.89 bits per heavy atom. The maximum atomic E-state index is 13.6. The Morgan fingerprint density at radius 3 is 2.58 bits per heavy atom. The summed E-state index contributed by atoms with van der Waals surface area (Å²) in [5.41, 5.74) is 0.417. The Labute approximate surface area is 122 Å². The molecule has 19 heavy (non-hydrogen) atoms. The van der Waals surface area contributed by atoms with Gasteiger partial charge in [-0.3, -0.25) is 4.79 Å². The molecule has 98 valence electrons. The predicted octanol–water partition coefficient (Wildman–Crippen LogP) is 4.81. The van der Waals surface area contributed by atoms with E-state index in [-0.39, 0.29) is 32.8 Å². The van der Waals surface area contributed by atoms with Gasteiger partial charge < -0.3 is 0 Å². The minimum atomic E-state index is -0.548. The summed E-state index contributed by atoms with van der Waals surface area (Å²) >= 11 is 8.65. The highest BCUT2D eigenvalue weighted by Gasteiger charge is 2.15. The smallest absolute Gasteiger partial charge is 0.168 e. The Balaban J connectivity index is 2.28. The largest absolute Gasteiger partial charge is 0.294 e. The first-order chi connectivity index (χ1) is 8.99. The highest BCUT2D eigenvalue weighted by molar-refractivity contribution is 9.10. The Hall–Kier alpha value is -1.26. The zero-order valence-electron chi connectivity index (χ0n) is 9.59. The SMILES string of the molecule is O=C(Cc1ccc(Cl)cc1F)c1cccc(F)c1Br. The van der Waals surface area contributed by atoms with Gasteiger partial charge in [0.25, 0.3) is 0 Å². The molecule has 0 spiro atoms. The van der Waals surface area contributed by atoms with Crippen LogP contribution in [0.2, 0.25) is 5.02 Å². The molecule has 0 fully saturated rings. The van der Waals surface area contributed by atoms with Gasteiger partial charge in [0.05, 0.1) is 4.47 Å². The predicted molar refractivity (Wildman–Crippen MR) is 73.5 cm³/mol. The first-order valence-electron chi connectivity index (χ1n) is 5.40. The average molecular weight is 346 g/mol. The fourth-order valence-electron chi connectivity index (χ4n) is 1.65. The molecule has 0 aliphatic carbocycles. The van der Waals surface area contributed by atoms with Crippen molar-refractivity contribution in [2.75, 3.05) is 0 Å². The molecule has 0 saturated heterocycles. The van der Waals surface area contributed by atoms with Crippen LogP contribution in [0, 0.1) is 11.6 Å². The van der Waals surface area contributed by atoms with Crippen LogP contribution in [0.15, 0.2) is 40.9 Å². The summed E-state index contributed by atoms with van der Waals surface area (Å²) in [5.74, 6) is -1.44. The third-order valence-electron chi connectivity index (χ3n) is 2.62. The van der Waals surface area contributed by atoms with Crippen LogP contribution in [0.4, 0.5) is 8.78 Å². The molecule has 0 amide bonds. The molecular formula is C14H8BrClF2O. The van der Waals surface area contributed by atoms with Crippen molar-refractivity contribution < 1.29 is 13.6 Å². The number of Topliss-reactive ketones (excluding diaryl/α,β-unsaturated/α-hetero) is 1. The van der Waals surface area contributed by atoms with Crippen LogP contribution in [0.25, 0.3) is 0 Å². The van der Waals surface area contributed by atoms with E-state index >= 15 is 0 Å². The van der Waals surface area contributed by atoms with Crippen LogP contribution < -0.4 is 0 Å². The number of hydrogen-bond acceptors (Lipinski definition) is 1. The number of rotatable bonds is 3. The molecule has 0 saturated carbocycles. The molecule has 2 aromatic carbocycles. The van der Waals surface area contributed by atoms with Gasteiger partial charge in [-0.15, -0.1) is 0 Å². The lowest BCUT2D eigenvalue weighted by molar-refractivity contribution is 0.0990. The highest BCUT2D eigenvalue weighted by atomic mass is 79.9. The molecule has 0 bridgehead atoms. The van der Waals surface area contributed by atoms with Crippen LogP contribution in [0.3, 0.4) is 0 Å². The molecule has 0 heterocycles. The number of hydrogen-bond donors (Lipinski definition) is 0. The van der Waals surface area contributed by atoms with E-state index < -0.39 is 11.6 Å². The van der Waals surface area contributed by atoms with Crippen LogP contribution in [-0.2, 0) is 6.42 Å². The van der Waals surface area contributed by atoms with E-state index in [9.17, 15) is 13.6 Å². The number of carbonyl (C=O) groups is 1. The van der Waals surface area contributed by atoms with Gasteiger partial charge in [0.15, 0.2) is 5.78 Å². The summed E-state index contributed by atoms with van der Waals surface area (Å²) in [6.07, 6.45) is -0.148. The molecule has 5 heteroatoms. The molecule has 1 nitrogen and oxygen atoms in total. The normalized spacial score (nSPS) is 10.5. The Morgan fingerprint density at radius 1 is 1.16 bits per heavy atom. The van der Waals surface area contributed by atoms with Crippen LogP contribution in [0.1, 0.15) is 15.9 Å². The average Bonchev–Trinajstić information content (AvgIpc) is 2.36. The quantitative estimate of drug-likeness (QED) is 0.730. The maximum absolute atomic E-state index is 13.6. The lowest BCUT2D eigenvalue weighted by Crippen LogP contribution is -2.06. The second-order valence-electron chi connectivity index (χ2n) is 3.94. The van der Waals surface area contributed by atoms with Gasteiger partial charge in [-0.05, 0) is 39.7 Å². The monoisotopic (exact) mass is 344 g/mol. The number of benzene rings is 2. The van der Waals surface area contributed by atoms with E-state index in [4.69, 9.17) is 11.6 Å². The summed E-state index contributed by atoms with van der Waals surface area (Å²) < 4.78 is 27.0. The van der Waals surface area contributed by atoms with Gasteiger partial charge in [0.1, 0.15) is 11.6 Å². The van der Waals surface area contributed by atoms with Gasteiger partial charge in [-0.25, -0.2) is 8.78 Å². The summed E-state index contributed by atoms with van der Waals surface area (Å²) in [6.45, 7) is 0. The Bertz CT molecular complexity index is 643. The van der Waals surface area contributed by atoms with Gasteiger partial charge in [0, 0.05) is 17.0 Å². The zero-order chi connectivity index (χ0) is 14.0. The van der Waals surface area contributed by atoms with Crippen molar-refractivity contribution in [3.05, 3.63) is 68.7 Å². The molecular weight excluding hydrogens is 338 g/mol. The molecule has 0 N–H and O–H groups in total. The first-order valence-corrected chi connectivity index (χ1v) is 6.57. The standard InChI is InChI=1S/C14H8BrClF2O/c15-14-10(2-1-3-11(14)17)13(19)6-8-4-5-9(16)7-12(8)18/h1-5,7H,6H2. The van der Waals surface area contributed by atoms with Crippen molar-refractivity contribution in [2.24, 2.45) is 0 Å². The molecule has 0 atom stereocenters. The van der Waals surface area contributed by atoms with E-state index in [1.807, 2.05) is 0 Å². The van der Waals surface area contributed by atoms with Gasteiger partial charge in [-0.2, -0.15) is 0 Å². The van der Waals surface area contributed by atoms with Crippen molar-refractivity contribution >= 4 is 33.3 Å². The zero-order valence-corrected chi connectivity index (χ0v) is 11.9. The van der Waals surface area contributed by atoms with E-state index in [0.717, 1.165) is 6.07 Å². The number of halogens is 4. The molecule has 0 aromatic heterocycles. The van der Waals surface area contributed by atoms with Crippen LogP contribution in [-0.4, -0.2) is 5.78 Å². The van der Waals surface area contributed by atoms with Gasteiger partial charge >= 0.3 is 0 Å². The number of ketones is 1. The summed E-state index contributed by atoms with van der Waals surface area (Å²) in [4.78, 5) is 12.0.